The molecule has 2 rings (SSSR count). The van der Waals surface area contributed by atoms with Crippen molar-refractivity contribution in [1.82, 2.24) is 4.98 Å². The number of carbonyl (C=O) groups excluding carboxylic acids is 1. The van der Waals surface area contributed by atoms with Gasteiger partial charge in [0.25, 0.3) is 0 Å². The number of halogens is 1. The summed E-state index contributed by atoms with van der Waals surface area (Å²) in [5, 5.41) is 2.43. The lowest BCUT2D eigenvalue weighted by Gasteiger charge is -1.98. The molecule has 4 heteroatoms. The van der Waals surface area contributed by atoms with E-state index in [1.54, 1.807) is 12.1 Å². The van der Waals surface area contributed by atoms with Gasteiger partial charge in [-0.25, -0.2) is 0 Å². The van der Waals surface area contributed by atoms with E-state index in [0.717, 1.165) is 16.9 Å². The lowest BCUT2D eigenvalue weighted by atomic mass is 10.1. The standard InChI is InChI=1S/C11H10ClNOS/c1-2-7-5-6-15-11(7)10(14)8-3-4-9(12)13-8/h3-6,13H,2H2,1H3. The lowest BCUT2D eigenvalue weighted by Crippen LogP contribution is -2.01. The predicted molar refractivity (Wildman–Crippen MR) is 62.9 cm³/mol. The second-order valence-corrected chi connectivity index (χ2v) is 4.50. The monoisotopic (exact) mass is 239 g/mol. The van der Waals surface area contributed by atoms with E-state index in [-0.39, 0.29) is 5.78 Å². The summed E-state index contributed by atoms with van der Waals surface area (Å²) < 4.78 is 0. The molecule has 0 spiro atoms. The summed E-state index contributed by atoms with van der Waals surface area (Å²) in [4.78, 5) is 15.7. The van der Waals surface area contributed by atoms with Crippen LogP contribution in [0, 0.1) is 0 Å². The minimum absolute atomic E-state index is 0.0220. The van der Waals surface area contributed by atoms with Gasteiger partial charge < -0.3 is 4.98 Å². The highest BCUT2D eigenvalue weighted by Crippen LogP contribution is 2.21. The number of rotatable bonds is 3. The first-order valence-corrected chi connectivity index (χ1v) is 5.93. The van der Waals surface area contributed by atoms with Gasteiger partial charge in [0.1, 0.15) is 5.15 Å². The first-order valence-electron chi connectivity index (χ1n) is 4.68. The number of nitrogens with one attached hydrogen (secondary N) is 1. The third-order valence-electron chi connectivity index (χ3n) is 2.23. The molecule has 0 aromatic carbocycles. The molecule has 0 radical (unpaired) electrons. The summed E-state index contributed by atoms with van der Waals surface area (Å²) in [6.45, 7) is 2.04. The molecule has 0 unspecified atom stereocenters. The Hall–Kier alpha value is -1.06. The zero-order valence-corrected chi connectivity index (χ0v) is 9.78. The summed E-state index contributed by atoms with van der Waals surface area (Å²) in [6.07, 6.45) is 0.874. The SMILES string of the molecule is CCc1ccsc1C(=O)c1ccc(Cl)[nH]1. The highest BCUT2D eigenvalue weighted by molar-refractivity contribution is 7.12. The van der Waals surface area contributed by atoms with Crippen molar-refractivity contribution in [2.45, 2.75) is 13.3 Å². The summed E-state index contributed by atoms with van der Waals surface area (Å²) in [7, 11) is 0. The van der Waals surface area contributed by atoms with E-state index in [9.17, 15) is 4.79 Å². The summed E-state index contributed by atoms with van der Waals surface area (Å²) in [5.41, 5.74) is 1.65. The number of hydrogen-bond acceptors (Lipinski definition) is 2. The van der Waals surface area contributed by atoms with Crippen LogP contribution in [0.4, 0.5) is 0 Å². The van der Waals surface area contributed by atoms with Gasteiger partial charge in [-0.1, -0.05) is 18.5 Å². The molecule has 0 aliphatic heterocycles. The Morgan fingerprint density at radius 2 is 2.27 bits per heavy atom. The molecule has 0 saturated carbocycles. The number of thiophene rings is 1. The fourth-order valence-corrected chi connectivity index (χ4v) is 2.55. The molecule has 0 saturated heterocycles. The van der Waals surface area contributed by atoms with Crippen LogP contribution in [0.5, 0.6) is 0 Å². The normalized spacial score (nSPS) is 10.5. The molecule has 2 aromatic heterocycles. The smallest absolute Gasteiger partial charge is 0.219 e. The van der Waals surface area contributed by atoms with Gasteiger partial charge >= 0.3 is 0 Å². The molecule has 78 valence electrons. The van der Waals surface area contributed by atoms with Crippen LogP contribution in [0.3, 0.4) is 0 Å². The van der Waals surface area contributed by atoms with Crippen molar-refractivity contribution in [3.8, 4) is 0 Å². The molecule has 0 bridgehead atoms. The van der Waals surface area contributed by atoms with Crippen molar-refractivity contribution < 1.29 is 4.79 Å². The molecule has 2 nitrogen and oxygen atoms in total. The first-order chi connectivity index (χ1) is 7.22. The van der Waals surface area contributed by atoms with Crippen molar-refractivity contribution in [2.75, 3.05) is 0 Å². The number of aromatic amines is 1. The van der Waals surface area contributed by atoms with Crippen LogP contribution < -0.4 is 0 Å². The van der Waals surface area contributed by atoms with E-state index in [1.165, 1.54) is 11.3 Å². The van der Waals surface area contributed by atoms with E-state index >= 15 is 0 Å². The van der Waals surface area contributed by atoms with E-state index in [1.807, 2.05) is 18.4 Å². The highest BCUT2D eigenvalue weighted by Gasteiger charge is 2.15. The van der Waals surface area contributed by atoms with Gasteiger partial charge in [-0.05, 0) is 35.6 Å². The van der Waals surface area contributed by atoms with Crippen LogP contribution in [-0.4, -0.2) is 10.8 Å². The molecule has 1 N–H and O–H groups in total. The predicted octanol–water partition coefficient (Wildman–Crippen LogP) is 3.52. The van der Waals surface area contributed by atoms with E-state index < -0.39 is 0 Å². The second kappa shape index (κ2) is 4.21. The van der Waals surface area contributed by atoms with Crippen LogP contribution in [0.2, 0.25) is 5.15 Å². The Kier molecular flexibility index (Phi) is 2.93. The Balaban J connectivity index is 2.36. The van der Waals surface area contributed by atoms with Gasteiger partial charge in [0.2, 0.25) is 5.78 Å². The van der Waals surface area contributed by atoms with Crippen LogP contribution in [0.25, 0.3) is 0 Å². The molecule has 0 aliphatic carbocycles. The zero-order valence-electron chi connectivity index (χ0n) is 8.21. The first kappa shape index (κ1) is 10.5. The minimum atomic E-state index is 0.0220. The molecule has 0 fully saturated rings. The molecule has 2 heterocycles. The molecular formula is C11H10ClNOS. The van der Waals surface area contributed by atoms with E-state index in [0.29, 0.717) is 10.8 Å². The van der Waals surface area contributed by atoms with Crippen LogP contribution in [0.15, 0.2) is 23.6 Å². The quantitative estimate of drug-likeness (QED) is 0.817. The van der Waals surface area contributed by atoms with Gasteiger partial charge in [-0.15, -0.1) is 11.3 Å². The van der Waals surface area contributed by atoms with Gasteiger partial charge in [-0.3, -0.25) is 4.79 Å². The number of hydrogen-bond donors (Lipinski definition) is 1. The Labute approximate surface area is 96.9 Å². The molecular weight excluding hydrogens is 230 g/mol. The van der Waals surface area contributed by atoms with Crippen molar-refractivity contribution in [3.63, 3.8) is 0 Å². The summed E-state index contributed by atoms with van der Waals surface area (Å²) >= 11 is 7.21. The average molecular weight is 240 g/mol. The third kappa shape index (κ3) is 1.98. The fraction of sp³-hybridized carbons (Fsp3) is 0.182. The molecule has 0 aliphatic rings. The number of carbonyl (C=O) groups is 1. The highest BCUT2D eigenvalue weighted by atomic mass is 35.5. The van der Waals surface area contributed by atoms with Crippen LogP contribution in [0.1, 0.15) is 27.9 Å². The van der Waals surface area contributed by atoms with Crippen molar-refractivity contribution in [2.24, 2.45) is 0 Å². The minimum Gasteiger partial charge on any atom is -0.343 e. The Bertz CT molecular complexity index is 486. The molecule has 0 atom stereocenters. The maximum atomic E-state index is 12.0. The van der Waals surface area contributed by atoms with Crippen molar-refractivity contribution in [3.05, 3.63) is 44.9 Å². The lowest BCUT2D eigenvalue weighted by molar-refractivity contribution is 0.103. The number of ketones is 1. The number of aromatic nitrogens is 1. The van der Waals surface area contributed by atoms with E-state index in [2.05, 4.69) is 4.98 Å². The van der Waals surface area contributed by atoms with Crippen LogP contribution >= 0.6 is 22.9 Å². The van der Waals surface area contributed by atoms with Gasteiger partial charge in [0, 0.05) is 0 Å². The zero-order chi connectivity index (χ0) is 10.8. The summed E-state index contributed by atoms with van der Waals surface area (Å²) in [6, 6.07) is 5.39. The third-order valence-corrected chi connectivity index (χ3v) is 3.40. The summed E-state index contributed by atoms with van der Waals surface area (Å²) in [5.74, 6) is 0.0220. The fourth-order valence-electron chi connectivity index (χ4n) is 1.44. The van der Waals surface area contributed by atoms with Crippen LogP contribution in [-0.2, 0) is 6.42 Å². The maximum Gasteiger partial charge on any atom is 0.219 e. The van der Waals surface area contributed by atoms with Gasteiger partial charge in [0.05, 0.1) is 10.6 Å². The topological polar surface area (TPSA) is 32.9 Å². The molecule has 0 amide bonds. The second-order valence-electron chi connectivity index (χ2n) is 3.18. The van der Waals surface area contributed by atoms with Crippen molar-refractivity contribution in [1.29, 1.82) is 0 Å². The van der Waals surface area contributed by atoms with E-state index in [4.69, 9.17) is 11.6 Å². The van der Waals surface area contributed by atoms with Gasteiger partial charge in [0.15, 0.2) is 0 Å². The number of H-pyrrole nitrogens is 1. The van der Waals surface area contributed by atoms with Gasteiger partial charge in [-0.2, -0.15) is 0 Å². The number of aryl methyl sites for hydroxylation is 1. The largest absolute Gasteiger partial charge is 0.343 e. The Morgan fingerprint density at radius 1 is 1.47 bits per heavy atom. The molecule has 15 heavy (non-hydrogen) atoms. The Morgan fingerprint density at radius 3 is 2.87 bits per heavy atom. The molecule has 2 aromatic rings. The average Bonchev–Trinajstić information content (AvgIpc) is 2.84. The van der Waals surface area contributed by atoms with Crippen molar-refractivity contribution >= 4 is 28.7 Å². The maximum absolute atomic E-state index is 12.0.